The van der Waals surface area contributed by atoms with Gasteiger partial charge in [-0.05, 0) is 57.6 Å². The van der Waals surface area contributed by atoms with Gasteiger partial charge in [0, 0.05) is 30.3 Å². The number of nitrogens with one attached hydrogen (secondary N) is 2. The number of carbonyl (C=O) groups excluding carboxylic acids is 1. The van der Waals surface area contributed by atoms with Crippen molar-refractivity contribution in [2.75, 3.05) is 0 Å². The lowest BCUT2D eigenvalue weighted by Crippen LogP contribution is -2.43. The molecule has 2 N–H and O–H groups in total. The van der Waals surface area contributed by atoms with Crippen LogP contribution in [0.2, 0.25) is 0 Å². The highest BCUT2D eigenvalue weighted by Crippen LogP contribution is 2.27. The largest absolute Gasteiger partial charge is 0.489 e. The van der Waals surface area contributed by atoms with Crippen molar-refractivity contribution in [3.63, 3.8) is 0 Å². The molecule has 4 rings (SSSR count). The molecular weight excluding hydrogens is 328 g/mol. The molecule has 6 heteroatoms. The predicted molar refractivity (Wildman–Crippen MR) is 97.9 cm³/mol. The molecule has 138 valence electrons. The molecular formula is C20H26N4O2. The Kier molecular flexibility index (Phi) is 4.91. The molecule has 2 aromatic rings. The van der Waals surface area contributed by atoms with Crippen molar-refractivity contribution in [3.8, 4) is 5.75 Å². The summed E-state index contributed by atoms with van der Waals surface area (Å²) in [4.78, 5) is 24.4. The fourth-order valence-corrected chi connectivity index (χ4v) is 4.04. The molecule has 0 aromatic carbocycles. The molecule has 2 aromatic heterocycles. The minimum Gasteiger partial charge on any atom is -0.489 e. The number of pyridine rings is 1. The summed E-state index contributed by atoms with van der Waals surface area (Å²) in [5, 5.41) is 3.27. The van der Waals surface area contributed by atoms with E-state index in [0.29, 0.717) is 0 Å². The Morgan fingerprint density at radius 2 is 2.08 bits per heavy atom. The molecule has 2 aliphatic carbocycles. The van der Waals surface area contributed by atoms with Crippen LogP contribution in [0.4, 0.5) is 0 Å². The first kappa shape index (κ1) is 17.1. The van der Waals surface area contributed by atoms with E-state index >= 15 is 0 Å². The summed E-state index contributed by atoms with van der Waals surface area (Å²) < 4.78 is 6.10. The standard InChI is InChI=1S/C20H26N4O2/c1-13-19(3-2-10-21-13)26-16-7-5-15(6-8-16)24-20(25)14-4-9-17-18(11-14)23-12-22-17/h2-3,10,12,14-16H,4-9,11H2,1H3,(H,22,23)(H,24,25). The third-order valence-corrected chi connectivity index (χ3v) is 5.63. The molecule has 1 saturated carbocycles. The van der Waals surface area contributed by atoms with Crippen LogP contribution in [0.1, 0.15) is 49.2 Å². The van der Waals surface area contributed by atoms with E-state index in [-0.39, 0.29) is 24.0 Å². The van der Waals surface area contributed by atoms with Gasteiger partial charge in [-0.15, -0.1) is 0 Å². The van der Waals surface area contributed by atoms with Crippen LogP contribution in [0.15, 0.2) is 24.7 Å². The highest BCUT2D eigenvalue weighted by atomic mass is 16.5. The molecule has 1 amide bonds. The maximum Gasteiger partial charge on any atom is 0.223 e. The number of ether oxygens (including phenoxy) is 1. The fraction of sp³-hybridized carbons (Fsp3) is 0.550. The van der Waals surface area contributed by atoms with Gasteiger partial charge in [-0.1, -0.05) is 0 Å². The van der Waals surface area contributed by atoms with Gasteiger partial charge in [0.2, 0.25) is 5.91 Å². The summed E-state index contributed by atoms with van der Waals surface area (Å²) in [6.45, 7) is 1.97. The van der Waals surface area contributed by atoms with Crippen molar-refractivity contribution >= 4 is 5.91 Å². The number of hydrogen-bond acceptors (Lipinski definition) is 4. The molecule has 1 unspecified atom stereocenters. The molecule has 0 saturated heterocycles. The lowest BCUT2D eigenvalue weighted by atomic mass is 9.87. The molecule has 6 nitrogen and oxygen atoms in total. The van der Waals surface area contributed by atoms with E-state index in [2.05, 4.69) is 20.3 Å². The van der Waals surface area contributed by atoms with E-state index in [1.165, 1.54) is 0 Å². The minimum atomic E-state index is 0.0648. The van der Waals surface area contributed by atoms with E-state index in [4.69, 9.17) is 4.74 Å². The van der Waals surface area contributed by atoms with Gasteiger partial charge in [0.1, 0.15) is 5.75 Å². The highest BCUT2D eigenvalue weighted by Gasteiger charge is 2.29. The first-order valence-electron chi connectivity index (χ1n) is 9.59. The lowest BCUT2D eigenvalue weighted by molar-refractivity contribution is -0.126. The Bertz CT molecular complexity index is 765. The van der Waals surface area contributed by atoms with Gasteiger partial charge < -0.3 is 15.0 Å². The summed E-state index contributed by atoms with van der Waals surface area (Å²) in [6.07, 6.45) is 10.2. The topological polar surface area (TPSA) is 79.9 Å². The zero-order valence-corrected chi connectivity index (χ0v) is 15.2. The Morgan fingerprint density at radius 1 is 1.23 bits per heavy atom. The normalized spacial score (nSPS) is 25.3. The molecule has 1 atom stereocenters. The number of aromatic amines is 1. The molecule has 26 heavy (non-hydrogen) atoms. The van der Waals surface area contributed by atoms with Crippen molar-refractivity contribution in [2.45, 2.75) is 64.0 Å². The first-order chi connectivity index (χ1) is 12.7. The fourth-order valence-electron chi connectivity index (χ4n) is 4.04. The van der Waals surface area contributed by atoms with Crippen molar-refractivity contribution < 1.29 is 9.53 Å². The van der Waals surface area contributed by atoms with Crippen LogP contribution in [-0.2, 0) is 17.6 Å². The van der Waals surface area contributed by atoms with E-state index in [1.807, 2.05) is 19.1 Å². The van der Waals surface area contributed by atoms with Gasteiger partial charge in [0.05, 0.1) is 23.8 Å². The first-order valence-corrected chi connectivity index (χ1v) is 9.59. The van der Waals surface area contributed by atoms with Crippen molar-refractivity contribution in [1.82, 2.24) is 20.3 Å². The summed E-state index contributed by atoms with van der Waals surface area (Å²) in [7, 11) is 0. The Balaban J connectivity index is 1.25. The maximum atomic E-state index is 12.6. The second-order valence-electron chi connectivity index (χ2n) is 7.45. The quantitative estimate of drug-likeness (QED) is 0.885. The number of nitrogens with zero attached hydrogens (tertiary/aromatic N) is 2. The Labute approximate surface area is 153 Å². The number of fused-ring (bicyclic) bond motifs is 1. The average Bonchev–Trinajstić information content (AvgIpc) is 3.13. The highest BCUT2D eigenvalue weighted by molar-refractivity contribution is 5.79. The van der Waals surface area contributed by atoms with E-state index < -0.39 is 0 Å². The van der Waals surface area contributed by atoms with Gasteiger partial charge in [0.15, 0.2) is 0 Å². The molecule has 2 heterocycles. The number of rotatable bonds is 4. The van der Waals surface area contributed by atoms with Gasteiger partial charge in [-0.3, -0.25) is 9.78 Å². The summed E-state index contributed by atoms with van der Waals surface area (Å²) in [6, 6.07) is 4.15. The number of carbonyl (C=O) groups is 1. The van der Waals surface area contributed by atoms with Crippen LogP contribution in [0, 0.1) is 12.8 Å². The average molecular weight is 354 g/mol. The zero-order valence-electron chi connectivity index (χ0n) is 15.2. The smallest absolute Gasteiger partial charge is 0.223 e. The van der Waals surface area contributed by atoms with Gasteiger partial charge in [-0.25, -0.2) is 4.98 Å². The van der Waals surface area contributed by atoms with Crippen LogP contribution in [0.3, 0.4) is 0 Å². The SMILES string of the molecule is Cc1ncccc1OC1CCC(NC(=O)C2CCc3nc[nH]c3C2)CC1. The third kappa shape index (κ3) is 3.74. The van der Waals surface area contributed by atoms with E-state index in [0.717, 1.165) is 67.8 Å². The molecule has 0 bridgehead atoms. The molecule has 1 fully saturated rings. The molecule has 0 spiro atoms. The Morgan fingerprint density at radius 3 is 2.88 bits per heavy atom. The van der Waals surface area contributed by atoms with Gasteiger partial charge in [-0.2, -0.15) is 0 Å². The monoisotopic (exact) mass is 354 g/mol. The number of hydrogen-bond donors (Lipinski definition) is 2. The molecule has 0 radical (unpaired) electrons. The number of imidazole rings is 1. The predicted octanol–water partition coefficient (Wildman–Crippen LogP) is 2.72. The van der Waals surface area contributed by atoms with Crippen LogP contribution < -0.4 is 10.1 Å². The minimum absolute atomic E-state index is 0.0648. The second-order valence-corrected chi connectivity index (χ2v) is 7.45. The summed E-state index contributed by atoms with van der Waals surface area (Å²) in [5.41, 5.74) is 3.18. The van der Waals surface area contributed by atoms with E-state index in [9.17, 15) is 4.79 Å². The second kappa shape index (κ2) is 7.48. The maximum absolute atomic E-state index is 12.6. The lowest BCUT2D eigenvalue weighted by Gasteiger charge is -2.31. The Hall–Kier alpha value is -2.37. The van der Waals surface area contributed by atoms with E-state index in [1.54, 1.807) is 12.5 Å². The van der Waals surface area contributed by atoms with Crippen molar-refractivity contribution in [2.24, 2.45) is 5.92 Å². The summed E-state index contributed by atoms with van der Waals surface area (Å²) >= 11 is 0. The van der Waals surface area contributed by atoms with Crippen LogP contribution >= 0.6 is 0 Å². The zero-order chi connectivity index (χ0) is 17.9. The van der Waals surface area contributed by atoms with Crippen LogP contribution in [-0.4, -0.2) is 33.0 Å². The number of aryl methyl sites for hydroxylation is 2. The molecule has 0 aliphatic heterocycles. The number of H-pyrrole nitrogens is 1. The van der Waals surface area contributed by atoms with Gasteiger partial charge in [0.25, 0.3) is 0 Å². The van der Waals surface area contributed by atoms with Crippen LogP contribution in [0.25, 0.3) is 0 Å². The van der Waals surface area contributed by atoms with Crippen molar-refractivity contribution in [3.05, 3.63) is 41.7 Å². The van der Waals surface area contributed by atoms with Crippen LogP contribution in [0.5, 0.6) is 5.75 Å². The number of aromatic nitrogens is 3. The van der Waals surface area contributed by atoms with Gasteiger partial charge >= 0.3 is 0 Å². The molecule has 2 aliphatic rings. The van der Waals surface area contributed by atoms with Crippen molar-refractivity contribution in [1.29, 1.82) is 0 Å². The number of amides is 1. The summed E-state index contributed by atoms with van der Waals surface area (Å²) in [5.74, 6) is 1.13. The third-order valence-electron chi connectivity index (χ3n) is 5.63.